The van der Waals surface area contributed by atoms with Crippen molar-refractivity contribution in [1.29, 1.82) is 0 Å². The number of hydrogen-bond acceptors (Lipinski definition) is 4. The predicted molar refractivity (Wildman–Crippen MR) is 115 cm³/mol. The monoisotopic (exact) mass is 396 g/mol. The molecule has 0 fully saturated rings. The van der Waals surface area contributed by atoms with Crippen molar-refractivity contribution in [3.63, 3.8) is 0 Å². The van der Waals surface area contributed by atoms with Gasteiger partial charge in [-0.3, -0.25) is 19.3 Å². The molecule has 0 atom stereocenters. The van der Waals surface area contributed by atoms with Crippen LogP contribution in [-0.2, 0) is 9.59 Å². The van der Waals surface area contributed by atoms with E-state index >= 15 is 0 Å². The van der Waals surface area contributed by atoms with E-state index in [-0.39, 0.29) is 30.8 Å². The number of anilines is 2. The highest BCUT2D eigenvalue weighted by Gasteiger charge is 2.13. The minimum Gasteiger partial charge on any atom is -0.345 e. The number of nitrogens with zero attached hydrogens (tertiary/aromatic N) is 2. The number of amides is 3. The van der Waals surface area contributed by atoms with Crippen molar-refractivity contribution in [2.24, 2.45) is 0 Å². The summed E-state index contributed by atoms with van der Waals surface area (Å²) in [5.74, 6) is -0.588. The summed E-state index contributed by atoms with van der Waals surface area (Å²) in [5, 5.41) is 5.64. The van der Waals surface area contributed by atoms with Gasteiger partial charge >= 0.3 is 0 Å². The molecular formula is C22H28N4O3. The maximum Gasteiger partial charge on any atom is 0.253 e. The lowest BCUT2D eigenvalue weighted by molar-refractivity contribution is -0.119. The summed E-state index contributed by atoms with van der Waals surface area (Å²) in [6.07, 6.45) is 0. The second-order valence-electron chi connectivity index (χ2n) is 7.30. The second-order valence-corrected chi connectivity index (χ2v) is 7.30. The molecule has 2 aromatic carbocycles. The fourth-order valence-electron chi connectivity index (χ4n) is 2.81. The van der Waals surface area contributed by atoms with Gasteiger partial charge in [0, 0.05) is 31.0 Å². The smallest absolute Gasteiger partial charge is 0.253 e. The van der Waals surface area contributed by atoms with E-state index in [1.54, 1.807) is 50.3 Å². The second kappa shape index (κ2) is 9.84. The first-order valence-electron chi connectivity index (χ1n) is 9.33. The molecule has 0 spiro atoms. The van der Waals surface area contributed by atoms with E-state index in [0.29, 0.717) is 11.3 Å². The molecule has 7 nitrogen and oxygen atoms in total. The molecule has 0 saturated carbocycles. The van der Waals surface area contributed by atoms with Crippen LogP contribution in [0, 0.1) is 13.8 Å². The van der Waals surface area contributed by atoms with Crippen molar-refractivity contribution in [1.82, 2.24) is 9.80 Å². The van der Waals surface area contributed by atoms with Crippen LogP contribution in [0.4, 0.5) is 11.4 Å². The highest BCUT2D eigenvalue weighted by Crippen LogP contribution is 2.17. The van der Waals surface area contributed by atoms with E-state index in [4.69, 9.17) is 0 Å². The van der Waals surface area contributed by atoms with Crippen LogP contribution in [-0.4, -0.2) is 61.8 Å². The minimum absolute atomic E-state index is 0.0477. The number of nitrogens with one attached hydrogen (secondary N) is 2. The summed E-state index contributed by atoms with van der Waals surface area (Å²) in [5.41, 5.74) is 3.93. The Morgan fingerprint density at radius 1 is 0.862 bits per heavy atom. The van der Waals surface area contributed by atoms with Crippen molar-refractivity contribution in [3.8, 4) is 0 Å². The highest BCUT2D eigenvalue weighted by atomic mass is 16.2. The van der Waals surface area contributed by atoms with Gasteiger partial charge in [0.1, 0.15) is 0 Å². The molecule has 0 heterocycles. The molecular weight excluding hydrogens is 368 g/mol. The Morgan fingerprint density at radius 2 is 1.48 bits per heavy atom. The largest absolute Gasteiger partial charge is 0.345 e. The molecule has 3 amide bonds. The third kappa shape index (κ3) is 6.43. The molecule has 2 N–H and O–H groups in total. The van der Waals surface area contributed by atoms with E-state index in [1.165, 1.54) is 4.90 Å². The fraction of sp³-hybridized carbons (Fsp3) is 0.318. The molecule has 0 aromatic heterocycles. The zero-order chi connectivity index (χ0) is 21.6. The van der Waals surface area contributed by atoms with Gasteiger partial charge in [-0.25, -0.2) is 0 Å². The van der Waals surface area contributed by atoms with Gasteiger partial charge in [0.2, 0.25) is 11.8 Å². The first-order valence-corrected chi connectivity index (χ1v) is 9.33. The number of carbonyl (C=O) groups is 3. The lowest BCUT2D eigenvalue weighted by Crippen LogP contribution is -2.36. The molecule has 0 aliphatic heterocycles. The molecule has 0 bridgehead atoms. The first-order chi connectivity index (χ1) is 13.7. The molecule has 29 heavy (non-hydrogen) atoms. The Morgan fingerprint density at radius 3 is 2.14 bits per heavy atom. The maximum atomic E-state index is 12.3. The Labute approximate surface area is 171 Å². The predicted octanol–water partition coefficient (Wildman–Crippen LogP) is 2.51. The van der Waals surface area contributed by atoms with Crippen LogP contribution in [0.3, 0.4) is 0 Å². The van der Waals surface area contributed by atoms with Crippen molar-refractivity contribution in [3.05, 3.63) is 59.2 Å². The zero-order valence-corrected chi connectivity index (χ0v) is 17.6. The van der Waals surface area contributed by atoms with Gasteiger partial charge in [-0.2, -0.15) is 0 Å². The molecule has 0 saturated heterocycles. The molecule has 0 unspecified atom stereocenters. The summed E-state index contributed by atoms with van der Waals surface area (Å²) in [6, 6.07) is 12.5. The average molecular weight is 396 g/mol. The SMILES string of the molecule is Cc1cccc(NC(=O)CN(C)CC(=O)Nc2cccc(C(=O)N(C)C)c2)c1C. The van der Waals surface area contributed by atoms with Crippen LogP contribution in [0.25, 0.3) is 0 Å². The number of hydrogen-bond donors (Lipinski definition) is 2. The lowest BCUT2D eigenvalue weighted by atomic mass is 10.1. The van der Waals surface area contributed by atoms with Crippen molar-refractivity contribution in [2.45, 2.75) is 13.8 Å². The van der Waals surface area contributed by atoms with Crippen LogP contribution in [0.1, 0.15) is 21.5 Å². The molecule has 2 aromatic rings. The number of carbonyl (C=O) groups excluding carboxylic acids is 3. The third-order valence-electron chi connectivity index (χ3n) is 4.51. The van der Waals surface area contributed by atoms with Crippen LogP contribution < -0.4 is 10.6 Å². The molecule has 2 rings (SSSR count). The van der Waals surface area contributed by atoms with E-state index in [0.717, 1.165) is 16.8 Å². The molecule has 0 aliphatic rings. The van der Waals surface area contributed by atoms with Crippen LogP contribution in [0.5, 0.6) is 0 Å². The fourth-order valence-corrected chi connectivity index (χ4v) is 2.81. The van der Waals surface area contributed by atoms with Gasteiger partial charge < -0.3 is 15.5 Å². The molecule has 0 radical (unpaired) electrons. The Bertz CT molecular complexity index is 909. The Hall–Kier alpha value is -3.19. The van der Waals surface area contributed by atoms with Gasteiger partial charge in [0.15, 0.2) is 0 Å². The normalized spacial score (nSPS) is 10.6. The van der Waals surface area contributed by atoms with Gasteiger partial charge in [-0.05, 0) is 56.3 Å². The molecule has 154 valence electrons. The van der Waals surface area contributed by atoms with Crippen LogP contribution >= 0.6 is 0 Å². The molecule has 7 heteroatoms. The first kappa shape index (κ1) is 22.1. The van der Waals surface area contributed by atoms with Gasteiger partial charge in [0.25, 0.3) is 5.91 Å². The summed E-state index contributed by atoms with van der Waals surface area (Å²) in [6.45, 7) is 4.08. The van der Waals surface area contributed by atoms with Gasteiger partial charge in [0.05, 0.1) is 13.1 Å². The highest BCUT2D eigenvalue weighted by molar-refractivity contribution is 5.98. The molecule has 0 aliphatic carbocycles. The number of benzene rings is 2. The lowest BCUT2D eigenvalue weighted by Gasteiger charge is -2.17. The van der Waals surface area contributed by atoms with Crippen LogP contribution in [0.2, 0.25) is 0 Å². The summed E-state index contributed by atoms with van der Waals surface area (Å²) in [7, 11) is 5.05. The standard InChI is InChI=1S/C22H28N4O3/c1-15-8-6-11-19(16(15)2)24-21(28)14-26(5)13-20(27)23-18-10-7-9-17(12-18)22(29)25(3)4/h6-12H,13-14H2,1-5H3,(H,23,27)(H,24,28). The maximum absolute atomic E-state index is 12.3. The summed E-state index contributed by atoms with van der Waals surface area (Å²) < 4.78 is 0. The van der Waals surface area contributed by atoms with E-state index in [2.05, 4.69) is 10.6 Å². The quantitative estimate of drug-likeness (QED) is 0.754. The van der Waals surface area contributed by atoms with Crippen molar-refractivity contribution in [2.75, 3.05) is 44.9 Å². The van der Waals surface area contributed by atoms with Crippen LogP contribution in [0.15, 0.2) is 42.5 Å². The topological polar surface area (TPSA) is 81.8 Å². The number of rotatable bonds is 7. The van der Waals surface area contributed by atoms with Gasteiger partial charge in [-0.1, -0.05) is 18.2 Å². The Balaban J connectivity index is 1.89. The van der Waals surface area contributed by atoms with Crippen molar-refractivity contribution >= 4 is 29.1 Å². The van der Waals surface area contributed by atoms with Gasteiger partial charge in [-0.15, -0.1) is 0 Å². The minimum atomic E-state index is -0.263. The summed E-state index contributed by atoms with van der Waals surface area (Å²) in [4.78, 5) is 39.7. The van der Waals surface area contributed by atoms with E-state index < -0.39 is 0 Å². The Kier molecular flexibility index (Phi) is 7.50. The average Bonchev–Trinajstić information content (AvgIpc) is 2.64. The third-order valence-corrected chi connectivity index (χ3v) is 4.51. The van der Waals surface area contributed by atoms with Crippen molar-refractivity contribution < 1.29 is 14.4 Å². The zero-order valence-electron chi connectivity index (χ0n) is 17.6. The van der Waals surface area contributed by atoms with E-state index in [1.807, 2.05) is 32.0 Å². The summed E-state index contributed by atoms with van der Waals surface area (Å²) >= 11 is 0. The number of aryl methyl sites for hydroxylation is 1. The van der Waals surface area contributed by atoms with E-state index in [9.17, 15) is 14.4 Å². The number of likely N-dealkylation sites (N-methyl/N-ethyl adjacent to an activating group) is 1.